The maximum absolute atomic E-state index is 4.36. The molecule has 0 radical (unpaired) electrons. The fraction of sp³-hybridized carbons (Fsp3) is 0.308. The summed E-state index contributed by atoms with van der Waals surface area (Å²) in [5.41, 5.74) is 2.25. The normalized spacial score (nSPS) is 10.2. The number of nitrogens with one attached hydrogen (secondary N) is 1. The Hall–Kier alpha value is -1.97. The number of rotatable bonds is 4. The second kappa shape index (κ2) is 5.39. The summed E-state index contributed by atoms with van der Waals surface area (Å²) in [6.07, 6.45) is 4.51. The molecule has 0 aromatic carbocycles. The Balaban J connectivity index is 2.06. The highest BCUT2D eigenvalue weighted by atomic mass is 15.0. The molecule has 0 saturated heterocycles. The average Bonchev–Trinajstić information content (AvgIpc) is 2.37. The molecule has 2 heterocycles. The van der Waals surface area contributed by atoms with Gasteiger partial charge in [-0.2, -0.15) is 0 Å². The molecule has 0 aliphatic rings. The van der Waals surface area contributed by atoms with E-state index in [1.54, 1.807) is 12.4 Å². The van der Waals surface area contributed by atoms with Crippen LogP contribution in [0.2, 0.25) is 0 Å². The lowest BCUT2D eigenvalue weighted by molar-refractivity contribution is 0.941. The molecule has 0 aliphatic carbocycles. The van der Waals surface area contributed by atoms with Crippen molar-refractivity contribution in [2.45, 2.75) is 26.8 Å². The summed E-state index contributed by atoms with van der Waals surface area (Å²) in [5.74, 6) is 1.69. The lowest BCUT2D eigenvalue weighted by Gasteiger charge is -2.07. The highest BCUT2D eigenvalue weighted by Gasteiger charge is 2.00. The minimum atomic E-state index is 0.752. The molecule has 0 unspecified atom stereocenters. The molecule has 88 valence electrons. The molecule has 0 aliphatic heterocycles. The Morgan fingerprint density at radius 3 is 2.65 bits per heavy atom. The summed E-state index contributed by atoms with van der Waals surface area (Å²) in [6, 6.07) is 5.97. The first-order valence-electron chi connectivity index (χ1n) is 5.75. The maximum Gasteiger partial charge on any atom is 0.130 e. The standard InChI is InChI=1S/C13H16N4/c1-3-12-8-13(17-10(2)16-12)15-9-11-4-6-14-7-5-11/h4-8H,3,9H2,1-2H3,(H,15,16,17). The number of pyridine rings is 1. The first kappa shape index (κ1) is 11.5. The Labute approximate surface area is 101 Å². The summed E-state index contributed by atoms with van der Waals surface area (Å²) in [4.78, 5) is 12.7. The van der Waals surface area contributed by atoms with Crippen molar-refractivity contribution in [3.8, 4) is 0 Å². The van der Waals surface area contributed by atoms with E-state index in [0.29, 0.717) is 0 Å². The van der Waals surface area contributed by atoms with Gasteiger partial charge in [0.2, 0.25) is 0 Å². The van der Waals surface area contributed by atoms with Crippen molar-refractivity contribution in [1.29, 1.82) is 0 Å². The van der Waals surface area contributed by atoms with Crippen LogP contribution in [0, 0.1) is 6.92 Å². The molecule has 0 saturated carbocycles. The van der Waals surface area contributed by atoms with Crippen molar-refractivity contribution in [2.75, 3.05) is 5.32 Å². The molecule has 17 heavy (non-hydrogen) atoms. The zero-order valence-corrected chi connectivity index (χ0v) is 10.1. The molecule has 2 rings (SSSR count). The third-order valence-corrected chi connectivity index (χ3v) is 2.48. The van der Waals surface area contributed by atoms with Gasteiger partial charge >= 0.3 is 0 Å². The van der Waals surface area contributed by atoms with E-state index in [1.165, 1.54) is 5.56 Å². The molecule has 0 amide bonds. The minimum absolute atomic E-state index is 0.752. The van der Waals surface area contributed by atoms with Crippen molar-refractivity contribution in [3.05, 3.63) is 47.7 Å². The topological polar surface area (TPSA) is 50.7 Å². The van der Waals surface area contributed by atoms with Gasteiger partial charge in [0.25, 0.3) is 0 Å². The predicted octanol–water partition coefficient (Wildman–Crippen LogP) is 2.35. The van der Waals surface area contributed by atoms with E-state index in [-0.39, 0.29) is 0 Å². The molecule has 2 aromatic rings. The number of hydrogen-bond acceptors (Lipinski definition) is 4. The number of aryl methyl sites for hydroxylation is 2. The van der Waals surface area contributed by atoms with Crippen LogP contribution >= 0.6 is 0 Å². The fourth-order valence-electron chi connectivity index (χ4n) is 1.59. The summed E-state index contributed by atoms with van der Waals surface area (Å²) in [5, 5.41) is 3.30. The van der Waals surface area contributed by atoms with Gasteiger partial charge in [0.15, 0.2) is 0 Å². The van der Waals surface area contributed by atoms with Crippen LogP contribution in [0.3, 0.4) is 0 Å². The van der Waals surface area contributed by atoms with Gasteiger partial charge in [-0.05, 0) is 31.0 Å². The van der Waals surface area contributed by atoms with Crippen LogP contribution in [-0.2, 0) is 13.0 Å². The second-order valence-electron chi connectivity index (χ2n) is 3.85. The average molecular weight is 228 g/mol. The van der Waals surface area contributed by atoms with Gasteiger partial charge in [0.1, 0.15) is 11.6 Å². The molecular weight excluding hydrogens is 212 g/mol. The van der Waals surface area contributed by atoms with Gasteiger partial charge in [-0.3, -0.25) is 4.98 Å². The van der Waals surface area contributed by atoms with Crippen molar-refractivity contribution >= 4 is 5.82 Å². The summed E-state index contributed by atoms with van der Waals surface area (Å²) in [6.45, 7) is 4.76. The van der Waals surface area contributed by atoms with Crippen molar-refractivity contribution in [2.24, 2.45) is 0 Å². The zero-order valence-electron chi connectivity index (χ0n) is 10.1. The van der Waals surface area contributed by atoms with Gasteiger partial charge < -0.3 is 5.32 Å². The van der Waals surface area contributed by atoms with E-state index in [4.69, 9.17) is 0 Å². The number of aromatic nitrogens is 3. The monoisotopic (exact) mass is 228 g/mol. The Morgan fingerprint density at radius 2 is 1.94 bits per heavy atom. The molecule has 0 bridgehead atoms. The third-order valence-electron chi connectivity index (χ3n) is 2.48. The Bertz CT molecular complexity index is 482. The van der Waals surface area contributed by atoms with Gasteiger partial charge in [0, 0.05) is 30.7 Å². The van der Waals surface area contributed by atoms with Gasteiger partial charge in [-0.1, -0.05) is 6.92 Å². The highest BCUT2D eigenvalue weighted by molar-refractivity contribution is 5.37. The van der Waals surface area contributed by atoms with Gasteiger partial charge in [0.05, 0.1) is 0 Å². The number of nitrogens with zero attached hydrogens (tertiary/aromatic N) is 3. The van der Waals surface area contributed by atoms with Crippen LogP contribution in [-0.4, -0.2) is 15.0 Å². The van der Waals surface area contributed by atoms with Crippen LogP contribution in [0.5, 0.6) is 0 Å². The SMILES string of the molecule is CCc1cc(NCc2ccncc2)nc(C)n1. The lowest BCUT2D eigenvalue weighted by atomic mass is 10.2. The predicted molar refractivity (Wildman–Crippen MR) is 67.7 cm³/mol. The van der Waals surface area contributed by atoms with E-state index >= 15 is 0 Å². The molecule has 4 nitrogen and oxygen atoms in total. The summed E-state index contributed by atoms with van der Waals surface area (Å²) in [7, 11) is 0. The van der Waals surface area contributed by atoms with E-state index in [9.17, 15) is 0 Å². The van der Waals surface area contributed by atoms with Crippen LogP contribution < -0.4 is 5.32 Å². The minimum Gasteiger partial charge on any atom is -0.366 e. The van der Waals surface area contributed by atoms with Crippen molar-refractivity contribution in [1.82, 2.24) is 15.0 Å². The number of hydrogen-bond donors (Lipinski definition) is 1. The summed E-state index contributed by atoms with van der Waals surface area (Å²) < 4.78 is 0. The Kier molecular flexibility index (Phi) is 3.65. The maximum atomic E-state index is 4.36. The molecular formula is C13H16N4. The van der Waals surface area contributed by atoms with Crippen molar-refractivity contribution < 1.29 is 0 Å². The van der Waals surface area contributed by atoms with Crippen LogP contribution in [0.1, 0.15) is 24.0 Å². The second-order valence-corrected chi connectivity index (χ2v) is 3.85. The van der Waals surface area contributed by atoms with Crippen molar-refractivity contribution in [3.63, 3.8) is 0 Å². The lowest BCUT2D eigenvalue weighted by Crippen LogP contribution is -2.04. The molecule has 0 atom stereocenters. The molecule has 2 aromatic heterocycles. The highest BCUT2D eigenvalue weighted by Crippen LogP contribution is 2.09. The van der Waals surface area contributed by atoms with E-state index < -0.39 is 0 Å². The first-order valence-corrected chi connectivity index (χ1v) is 5.75. The van der Waals surface area contributed by atoms with Crippen LogP contribution in [0.4, 0.5) is 5.82 Å². The van der Waals surface area contributed by atoms with E-state index in [2.05, 4.69) is 27.2 Å². The van der Waals surface area contributed by atoms with E-state index in [1.807, 2.05) is 25.1 Å². The fourth-order valence-corrected chi connectivity index (χ4v) is 1.59. The van der Waals surface area contributed by atoms with Gasteiger partial charge in [-0.25, -0.2) is 9.97 Å². The largest absolute Gasteiger partial charge is 0.366 e. The smallest absolute Gasteiger partial charge is 0.130 e. The van der Waals surface area contributed by atoms with Crippen LogP contribution in [0.15, 0.2) is 30.6 Å². The molecule has 0 fully saturated rings. The quantitative estimate of drug-likeness (QED) is 0.872. The first-order chi connectivity index (χ1) is 8.28. The van der Waals surface area contributed by atoms with Crippen LogP contribution in [0.25, 0.3) is 0 Å². The summed E-state index contributed by atoms with van der Waals surface area (Å²) >= 11 is 0. The Morgan fingerprint density at radius 1 is 1.18 bits per heavy atom. The molecule has 1 N–H and O–H groups in total. The zero-order chi connectivity index (χ0) is 12.1. The third kappa shape index (κ3) is 3.24. The number of anilines is 1. The molecule has 4 heteroatoms. The van der Waals surface area contributed by atoms with E-state index in [0.717, 1.165) is 30.3 Å². The molecule has 0 spiro atoms. The van der Waals surface area contributed by atoms with Gasteiger partial charge in [-0.15, -0.1) is 0 Å².